The summed E-state index contributed by atoms with van der Waals surface area (Å²) in [5.41, 5.74) is 0.304. The Kier molecular flexibility index (Phi) is 10.8. The number of esters is 4. The van der Waals surface area contributed by atoms with Gasteiger partial charge in [0.2, 0.25) is 12.4 Å². The number of aryl methyl sites for hydroxylation is 1. The molecular weight excluding hydrogens is 524 g/mol. The van der Waals surface area contributed by atoms with Crippen molar-refractivity contribution in [3.05, 3.63) is 23.3 Å². The number of carbonyl (C=O) groups is 6. The van der Waals surface area contributed by atoms with Crippen LogP contribution in [-0.2, 0) is 47.6 Å². The molecule has 2 rings (SSSR count). The summed E-state index contributed by atoms with van der Waals surface area (Å²) in [7, 11) is 1.08. The minimum atomic E-state index is -1.60. The number of hydrogen-bond donors (Lipinski definition) is 0. The van der Waals surface area contributed by atoms with Gasteiger partial charge in [-0.2, -0.15) is 0 Å². The number of ether oxygens (including phenoxy) is 8. The lowest BCUT2D eigenvalue weighted by Crippen LogP contribution is -2.63. The van der Waals surface area contributed by atoms with Gasteiger partial charge in [0.25, 0.3) is 0 Å². The van der Waals surface area contributed by atoms with Crippen LogP contribution in [-0.4, -0.2) is 80.2 Å². The molecule has 1 aromatic carbocycles. The van der Waals surface area contributed by atoms with Gasteiger partial charge in [-0.05, 0) is 31.5 Å². The number of methoxy groups -OCH3 is 1. The highest BCUT2D eigenvalue weighted by Crippen LogP contribution is 2.36. The van der Waals surface area contributed by atoms with E-state index in [1.807, 2.05) is 0 Å². The van der Waals surface area contributed by atoms with E-state index in [1.54, 1.807) is 6.92 Å². The van der Waals surface area contributed by atoms with Gasteiger partial charge in [0, 0.05) is 27.7 Å². The van der Waals surface area contributed by atoms with Gasteiger partial charge in [-0.3, -0.25) is 24.0 Å². The quantitative estimate of drug-likeness (QED) is 0.187. The average molecular weight is 555 g/mol. The third kappa shape index (κ3) is 8.67. The van der Waals surface area contributed by atoms with Crippen molar-refractivity contribution in [2.24, 2.45) is 0 Å². The summed E-state index contributed by atoms with van der Waals surface area (Å²) < 4.78 is 42.6. The molecule has 0 bridgehead atoms. The van der Waals surface area contributed by atoms with Crippen molar-refractivity contribution in [2.45, 2.75) is 72.2 Å². The molecule has 1 aromatic rings. The summed E-state index contributed by atoms with van der Waals surface area (Å²) in [5.74, 6) is -4.05. The average Bonchev–Trinajstić information content (AvgIpc) is 2.80. The molecule has 1 aliphatic rings. The van der Waals surface area contributed by atoms with Gasteiger partial charge in [0.15, 0.2) is 18.0 Å². The van der Waals surface area contributed by atoms with Crippen LogP contribution >= 0.6 is 0 Å². The summed E-state index contributed by atoms with van der Waals surface area (Å²) in [5, 5.41) is 0. The molecule has 1 heterocycles. The van der Waals surface area contributed by atoms with Crippen LogP contribution in [0.2, 0.25) is 0 Å². The molecular formula is C25H30O14. The molecule has 1 fully saturated rings. The van der Waals surface area contributed by atoms with Crippen LogP contribution < -0.4 is 9.47 Å². The molecule has 0 N–H and O–H groups in total. The summed E-state index contributed by atoms with van der Waals surface area (Å²) in [6, 6.07) is 2.82. The van der Waals surface area contributed by atoms with Crippen molar-refractivity contribution < 1.29 is 66.7 Å². The number of carbonyl (C=O) groups excluding carboxylic acids is 6. The molecule has 0 spiro atoms. The molecule has 0 saturated carbocycles. The number of ketones is 1. The standard InChI is InChI=1S/C25H30O14/c1-11-8-17(20(12(2)26)18(9-11)39-25(31)32-7)37-24-23(36-16(6)30)22(35-15(5)29)21(34-14(4)28)19(38-24)10-33-13(3)27/h8-9,19,21-24H,10H2,1-7H3/t19-,21-,22+,23-,24-/m1/s1. The molecule has 214 valence electrons. The SMILES string of the molecule is COC(=O)Oc1cc(C)cc(O[C@@H]2O[C@H](COC(C)=O)[C@@H](OC(C)=O)[C@H](OC(C)=O)[C@H]2OC(C)=O)c1C(C)=O. The highest BCUT2D eigenvalue weighted by atomic mass is 16.7. The first-order valence-corrected chi connectivity index (χ1v) is 11.6. The summed E-state index contributed by atoms with van der Waals surface area (Å²) >= 11 is 0. The van der Waals surface area contributed by atoms with Crippen LogP contribution in [0.15, 0.2) is 12.1 Å². The molecule has 0 unspecified atom stereocenters. The first kappa shape index (κ1) is 31.0. The lowest BCUT2D eigenvalue weighted by molar-refractivity contribution is -0.288. The molecule has 0 aliphatic carbocycles. The van der Waals surface area contributed by atoms with E-state index in [4.69, 9.17) is 33.2 Å². The maximum absolute atomic E-state index is 12.6. The van der Waals surface area contributed by atoms with Gasteiger partial charge >= 0.3 is 30.0 Å². The second-order valence-electron chi connectivity index (χ2n) is 8.43. The third-order valence-corrected chi connectivity index (χ3v) is 5.11. The zero-order valence-corrected chi connectivity index (χ0v) is 22.5. The first-order chi connectivity index (χ1) is 18.2. The maximum Gasteiger partial charge on any atom is 0.513 e. The van der Waals surface area contributed by atoms with E-state index in [0.717, 1.165) is 34.8 Å². The van der Waals surface area contributed by atoms with Crippen molar-refractivity contribution in [3.8, 4) is 11.5 Å². The van der Waals surface area contributed by atoms with Gasteiger partial charge in [0.1, 0.15) is 29.8 Å². The molecule has 14 heteroatoms. The monoisotopic (exact) mass is 554 g/mol. The highest BCUT2D eigenvalue weighted by Gasteiger charge is 2.53. The molecule has 14 nitrogen and oxygen atoms in total. The van der Waals surface area contributed by atoms with E-state index >= 15 is 0 Å². The number of hydrogen-bond acceptors (Lipinski definition) is 14. The third-order valence-electron chi connectivity index (χ3n) is 5.11. The normalized spacial score (nSPS) is 22.1. The zero-order valence-electron chi connectivity index (χ0n) is 22.5. The van der Waals surface area contributed by atoms with E-state index in [0.29, 0.717) is 5.56 Å². The smallest absolute Gasteiger partial charge is 0.463 e. The van der Waals surface area contributed by atoms with Crippen LogP contribution in [0.5, 0.6) is 11.5 Å². The van der Waals surface area contributed by atoms with Gasteiger partial charge in [-0.1, -0.05) is 0 Å². The lowest BCUT2D eigenvalue weighted by atomic mass is 9.98. The fourth-order valence-electron chi connectivity index (χ4n) is 3.78. The Balaban J connectivity index is 2.65. The lowest BCUT2D eigenvalue weighted by Gasteiger charge is -2.44. The Morgan fingerprint density at radius 2 is 1.31 bits per heavy atom. The predicted molar refractivity (Wildman–Crippen MR) is 127 cm³/mol. The molecule has 0 radical (unpaired) electrons. The minimum absolute atomic E-state index is 0.151. The molecule has 1 aliphatic heterocycles. The van der Waals surface area contributed by atoms with Crippen LogP contribution in [0.3, 0.4) is 0 Å². The Morgan fingerprint density at radius 1 is 0.769 bits per heavy atom. The van der Waals surface area contributed by atoms with Crippen LogP contribution in [0.1, 0.15) is 50.5 Å². The summed E-state index contributed by atoms with van der Waals surface area (Å²) in [4.78, 5) is 71.8. The van der Waals surface area contributed by atoms with Crippen molar-refractivity contribution in [2.75, 3.05) is 13.7 Å². The predicted octanol–water partition coefficient (Wildman–Crippen LogP) is 1.80. The van der Waals surface area contributed by atoms with Gasteiger partial charge < -0.3 is 37.9 Å². The fourth-order valence-corrected chi connectivity index (χ4v) is 3.78. The van der Waals surface area contributed by atoms with Crippen molar-refractivity contribution in [1.29, 1.82) is 0 Å². The second kappa shape index (κ2) is 13.6. The molecule has 5 atom stereocenters. The van der Waals surface area contributed by atoms with Gasteiger partial charge in [-0.15, -0.1) is 0 Å². The van der Waals surface area contributed by atoms with Crippen LogP contribution in [0, 0.1) is 6.92 Å². The van der Waals surface area contributed by atoms with Crippen molar-refractivity contribution in [3.63, 3.8) is 0 Å². The number of benzene rings is 1. The van der Waals surface area contributed by atoms with E-state index in [-0.39, 0.29) is 17.1 Å². The molecule has 0 aromatic heterocycles. The summed E-state index contributed by atoms with van der Waals surface area (Å²) in [6.07, 6.45) is -8.37. The van der Waals surface area contributed by atoms with Gasteiger partial charge in [0.05, 0.1) is 7.11 Å². The summed E-state index contributed by atoms with van der Waals surface area (Å²) in [6.45, 7) is 6.71. The van der Waals surface area contributed by atoms with Crippen LogP contribution in [0.25, 0.3) is 0 Å². The van der Waals surface area contributed by atoms with E-state index in [2.05, 4.69) is 4.74 Å². The fraction of sp³-hybridized carbons (Fsp3) is 0.520. The highest BCUT2D eigenvalue weighted by molar-refractivity contribution is 6.00. The van der Waals surface area contributed by atoms with Crippen molar-refractivity contribution in [1.82, 2.24) is 0 Å². The first-order valence-electron chi connectivity index (χ1n) is 11.6. The molecule has 1 saturated heterocycles. The largest absolute Gasteiger partial charge is 0.513 e. The van der Waals surface area contributed by atoms with E-state index < -0.39 is 73.1 Å². The minimum Gasteiger partial charge on any atom is -0.463 e. The molecule has 0 amide bonds. The Labute approximate surface area is 223 Å². The second-order valence-corrected chi connectivity index (χ2v) is 8.43. The van der Waals surface area contributed by atoms with E-state index in [9.17, 15) is 28.8 Å². The topological polar surface area (TPSA) is 176 Å². The molecule has 39 heavy (non-hydrogen) atoms. The Morgan fingerprint density at radius 3 is 1.82 bits per heavy atom. The Bertz CT molecular complexity index is 1130. The number of Topliss-reactive ketones (excluding diaryl/α,β-unsaturated/α-hetero) is 1. The zero-order chi connectivity index (χ0) is 29.4. The van der Waals surface area contributed by atoms with E-state index in [1.165, 1.54) is 19.1 Å². The maximum atomic E-state index is 12.6. The Hall–Kier alpha value is -4.20. The number of rotatable bonds is 9. The van der Waals surface area contributed by atoms with Gasteiger partial charge in [-0.25, -0.2) is 4.79 Å². The van der Waals surface area contributed by atoms with Crippen LogP contribution in [0.4, 0.5) is 4.79 Å². The van der Waals surface area contributed by atoms with Crippen molar-refractivity contribution >= 4 is 35.8 Å².